The smallest absolute Gasteiger partial charge is 0.134 e. The molecule has 0 aliphatic carbocycles. The maximum absolute atomic E-state index is 6.04. The van der Waals surface area contributed by atoms with Crippen LogP contribution in [-0.4, -0.2) is 7.05 Å². The van der Waals surface area contributed by atoms with Gasteiger partial charge in [-0.25, -0.2) is 0 Å². The van der Waals surface area contributed by atoms with Crippen LogP contribution < -0.4 is 5.32 Å². The summed E-state index contributed by atoms with van der Waals surface area (Å²) in [5.41, 5.74) is 3.22. The highest BCUT2D eigenvalue weighted by molar-refractivity contribution is 9.10. The van der Waals surface area contributed by atoms with Crippen LogP contribution in [0.5, 0.6) is 0 Å². The maximum atomic E-state index is 6.04. The molecule has 1 aromatic heterocycles. The third-order valence-electron chi connectivity index (χ3n) is 3.47. The molecular formula is C17H15BrClNO. The van der Waals surface area contributed by atoms with E-state index in [4.69, 9.17) is 16.0 Å². The Morgan fingerprint density at radius 2 is 1.95 bits per heavy atom. The van der Waals surface area contributed by atoms with Crippen molar-refractivity contribution in [1.82, 2.24) is 5.32 Å². The number of hydrogen-bond acceptors (Lipinski definition) is 2. The summed E-state index contributed by atoms with van der Waals surface area (Å²) in [6.45, 7) is 2.08. The summed E-state index contributed by atoms with van der Waals surface area (Å²) in [5, 5.41) is 5.05. The highest BCUT2D eigenvalue weighted by Crippen LogP contribution is 2.31. The zero-order valence-corrected chi connectivity index (χ0v) is 14.1. The molecule has 3 aromatic rings. The predicted octanol–water partition coefficient (Wildman–Crippen LogP) is 5.47. The van der Waals surface area contributed by atoms with E-state index in [1.54, 1.807) is 0 Å². The molecule has 0 aliphatic rings. The van der Waals surface area contributed by atoms with Crippen LogP contribution in [0, 0.1) is 6.92 Å². The Morgan fingerprint density at radius 3 is 2.67 bits per heavy atom. The van der Waals surface area contributed by atoms with Crippen LogP contribution in [0.4, 0.5) is 0 Å². The van der Waals surface area contributed by atoms with Crippen LogP contribution in [0.25, 0.3) is 11.0 Å². The lowest BCUT2D eigenvalue weighted by Crippen LogP contribution is -2.17. The molecule has 108 valence electrons. The molecule has 0 radical (unpaired) electrons. The molecule has 1 heterocycles. The Balaban J connectivity index is 2.08. The number of aryl methyl sites for hydroxylation is 1. The normalized spacial score (nSPS) is 12.8. The van der Waals surface area contributed by atoms with Gasteiger partial charge in [-0.2, -0.15) is 0 Å². The maximum Gasteiger partial charge on any atom is 0.134 e. The molecule has 0 aliphatic heterocycles. The summed E-state index contributed by atoms with van der Waals surface area (Å²) < 4.78 is 7.04. The van der Waals surface area contributed by atoms with Gasteiger partial charge in [-0.1, -0.05) is 33.6 Å². The van der Waals surface area contributed by atoms with Crippen molar-refractivity contribution in [1.29, 1.82) is 0 Å². The summed E-state index contributed by atoms with van der Waals surface area (Å²) in [6, 6.07) is 14.1. The van der Waals surface area contributed by atoms with E-state index in [9.17, 15) is 0 Å². The fourth-order valence-electron chi connectivity index (χ4n) is 2.58. The zero-order chi connectivity index (χ0) is 15.0. The van der Waals surface area contributed by atoms with E-state index in [1.807, 2.05) is 31.3 Å². The van der Waals surface area contributed by atoms with E-state index in [1.165, 1.54) is 5.56 Å². The van der Waals surface area contributed by atoms with Gasteiger partial charge < -0.3 is 9.73 Å². The van der Waals surface area contributed by atoms with Crippen molar-refractivity contribution in [3.8, 4) is 0 Å². The van der Waals surface area contributed by atoms with E-state index in [-0.39, 0.29) is 6.04 Å². The lowest BCUT2D eigenvalue weighted by atomic mass is 10.0. The number of furan rings is 1. The Labute approximate surface area is 137 Å². The van der Waals surface area contributed by atoms with Gasteiger partial charge in [0.1, 0.15) is 11.3 Å². The van der Waals surface area contributed by atoms with E-state index in [2.05, 4.69) is 46.4 Å². The standard InChI is InChI=1S/C17H15BrClNO/c1-10-5-12(7-13(18)6-10)17(20-2)16-9-11-8-14(19)3-4-15(11)21-16/h3-9,17,20H,1-2H3. The molecule has 4 heteroatoms. The summed E-state index contributed by atoms with van der Waals surface area (Å²) in [6.07, 6.45) is 0. The number of halogens is 2. The molecule has 0 saturated carbocycles. The Morgan fingerprint density at radius 1 is 1.14 bits per heavy atom. The average Bonchev–Trinajstić information content (AvgIpc) is 2.81. The zero-order valence-electron chi connectivity index (χ0n) is 11.8. The first-order valence-electron chi connectivity index (χ1n) is 6.70. The lowest BCUT2D eigenvalue weighted by Gasteiger charge is -2.15. The predicted molar refractivity (Wildman–Crippen MR) is 91.0 cm³/mol. The molecule has 1 N–H and O–H groups in total. The summed E-state index contributed by atoms with van der Waals surface area (Å²) in [7, 11) is 1.93. The molecule has 1 atom stereocenters. The molecule has 2 aromatic carbocycles. The quantitative estimate of drug-likeness (QED) is 0.667. The Kier molecular flexibility index (Phi) is 4.07. The fourth-order valence-corrected chi connectivity index (χ4v) is 3.39. The molecule has 0 fully saturated rings. The van der Waals surface area contributed by atoms with Gasteiger partial charge in [0.15, 0.2) is 0 Å². The molecule has 2 nitrogen and oxygen atoms in total. The van der Waals surface area contributed by atoms with Crippen molar-refractivity contribution in [3.63, 3.8) is 0 Å². The van der Waals surface area contributed by atoms with Crippen LogP contribution in [0.3, 0.4) is 0 Å². The van der Waals surface area contributed by atoms with Gasteiger partial charge in [-0.3, -0.25) is 0 Å². The first-order valence-corrected chi connectivity index (χ1v) is 7.87. The van der Waals surface area contributed by atoms with Gasteiger partial charge in [0.05, 0.1) is 6.04 Å². The number of nitrogens with one attached hydrogen (secondary N) is 1. The SMILES string of the molecule is CNC(c1cc(C)cc(Br)c1)c1cc2cc(Cl)ccc2o1. The molecule has 21 heavy (non-hydrogen) atoms. The number of benzene rings is 2. The van der Waals surface area contributed by atoms with E-state index in [0.29, 0.717) is 5.02 Å². The molecule has 0 spiro atoms. The second kappa shape index (κ2) is 5.84. The summed E-state index contributed by atoms with van der Waals surface area (Å²) in [4.78, 5) is 0. The van der Waals surface area contributed by atoms with E-state index in [0.717, 1.165) is 26.8 Å². The summed E-state index contributed by atoms with van der Waals surface area (Å²) >= 11 is 9.59. The van der Waals surface area contributed by atoms with Crippen LogP contribution >= 0.6 is 27.5 Å². The van der Waals surface area contributed by atoms with Gasteiger partial charge in [0, 0.05) is 14.9 Å². The number of rotatable bonds is 3. The van der Waals surface area contributed by atoms with Gasteiger partial charge in [-0.15, -0.1) is 0 Å². The lowest BCUT2D eigenvalue weighted by molar-refractivity contribution is 0.491. The minimum atomic E-state index is 0.00683. The fraction of sp³-hybridized carbons (Fsp3) is 0.176. The molecule has 0 bridgehead atoms. The Hall–Kier alpha value is -1.29. The molecule has 0 saturated heterocycles. The Bertz CT molecular complexity index is 776. The van der Waals surface area contributed by atoms with Gasteiger partial charge in [0.2, 0.25) is 0 Å². The monoisotopic (exact) mass is 363 g/mol. The molecule has 1 unspecified atom stereocenters. The second-order valence-corrected chi connectivity index (χ2v) is 6.47. The second-order valence-electron chi connectivity index (χ2n) is 5.11. The topological polar surface area (TPSA) is 25.2 Å². The summed E-state index contributed by atoms with van der Waals surface area (Å²) in [5.74, 6) is 0.882. The van der Waals surface area contributed by atoms with Gasteiger partial charge in [-0.05, 0) is 61.5 Å². The largest absolute Gasteiger partial charge is 0.459 e. The van der Waals surface area contributed by atoms with Crippen molar-refractivity contribution in [2.75, 3.05) is 7.05 Å². The van der Waals surface area contributed by atoms with E-state index >= 15 is 0 Å². The van der Waals surface area contributed by atoms with Gasteiger partial charge >= 0.3 is 0 Å². The van der Waals surface area contributed by atoms with Crippen LogP contribution in [-0.2, 0) is 0 Å². The third kappa shape index (κ3) is 3.00. The van der Waals surface area contributed by atoms with Crippen molar-refractivity contribution < 1.29 is 4.42 Å². The minimum Gasteiger partial charge on any atom is -0.459 e. The molecule has 0 amide bonds. The molecule has 3 rings (SSSR count). The van der Waals surface area contributed by atoms with Crippen molar-refractivity contribution in [3.05, 3.63) is 68.8 Å². The van der Waals surface area contributed by atoms with Crippen molar-refractivity contribution in [2.45, 2.75) is 13.0 Å². The number of fused-ring (bicyclic) bond motifs is 1. The highest BCUT2D eigenvalue weighted by atomic mass is 79.9. The number of hydrogen-bond donors (Lipinski definition) is 1. The van der Waals surface area contributed by atoms with Gasteiger partial charge in [0.25, 0.3) is 0 Å². The highest BCUT2D eigenvalue weighted by Gasteiger charge is 2.17. The average molecular weight is 365 g/mol. The van der Waals surface area contributed by atoms with Crippen LogP contribution in [0.1, 0.15) is 22.9 Å². The first-order chi connectivity index (χ1) is 10.1. The van der Waals surface area contributed by atoms with Crippen LogP contribution in [0.2, 0.25) is 5.02 Å². The van der Waals surface area contributed by atoms with Crippen molar-refractivity contribution in [2.24, 2.45) is 0 Å². The van der Waals surface area contributed by atoms with Crippen molar-refractivity contribution >= 4 is 38.5 Å². The molecular weight excluding hydrogens is 350 g/mol. The van der Waals surface area contributed by atoms with E-state index < -0.39 is 0 Å². The third-order valence-corrected chi connectivity index (χ3v) is 4.16. The minimum absolute atomic E-state index is 0.00683. The first kappa shape index (κ1) is 14.6. The van der Waals surface area contributed by atoms with Crippen LogP contribution in [0.15, 0.2) is 51.4 Å².